The van der Waals surface area contributed by atoms with Crippen molar-refractivity contribution in [2.45, 2.75) is 44.8 Å². The van der Waals surface area contributed by atoms with Crippen molar-refractivity contribution in [3.63, 3.8) is 0 Å². The average molecular weight is 146 g/mol. The molecule has 0 aromatic carbocycles. The lowest BCUT2D eigenvalue weighted by atomic mass is 10.0. The molecule has 0 saturated carbocycles. The van der Waals surface area contributed by atoms with Crippen LogP contribution < -0.4 is 0 Å². The lowest BCUT2D eigenvalue weighted by Gasteiger charge is -2.24. The molecule has 1 atom stereocenters. The smallest absolute Gasteiger partial charge is 0.0126 e. The fourth-order valence-electron chi connectivity index (χ4n) is 0.952. The van der Waals surface area contributed by atoms with E-state index >= 15 is 0 Å². The van der Waals surface area contributed by atoms with Crippen LogP contribution in [-0.4, -0.2) is 11.0 Å². The van der Waals surface area contributed by atoms with Crippen LogP contribution in [0, 0.1) is 0 Å². The summed E-state index contributed by atoms with van der Waals surface area (Å²) in [7, 11) is 0. The van der Waals surface area contributed by atoms with Crippen LogP contribution >= 0.6 is 11.8 Å². The average Bonchev–Trinajstić information content (AvgIpc) is 1.89. The van der Waals surface area contributed by atoms with Crippen molar-refractivity contribution in [3.05, 3.63) is 0 Å². The van der Waals surface area contributed by atoms with Crippen molar-refractivity contribution >= 4 is 11.8 Å². The first kappa shape index (κ1) is 9.35. The van der Waals surface area contributed by atoms with E-state index in [0.717, 1.165) is 0 Å². The molecular formula is C8H18S. The molecule has 0 N–H and O–H groups in total. The first-order valence-corrected chi connectivity index (χ1v) is 4.96. The maximum Gasteiger partial charge on any atom is 0.0126 e. The predicted molar refractivity (Wildman–Crippen MR) is 47.1 cm³/mol. The molecule has 56 valence electrons. The number of hydrogen-bond acceptors (Lipinski definition) is 1. The highest BCUT2D eigenvalue weighted by Gasteiger charge is 2.17. The third-order valence-corrected chi connectivity index (χ3v) is 3.50. The van der Waals surface area contributed by atoms with Gasteiger partial charge in [-0.05, 0) is 19.1 Å². The molecule has 0 fully saturated rings. The van der Waals surface area contributed by atoms with Crippen molar-refractivity contribution in [3.8, 4) is 0 Å². The SMILES string of the molecule is CCCC(C)(CC)SC. The van der Waals surface area contributed by atoms with Crippen LogP contribution in [0.5, 0.6) is 0 Å². The molecule has 0 rings (SSSR count). The van der Waals surface area contributed by atoms with Gasteiger partial charge in [-0.1, -0.05) is 27.2 Å². The third kappa shape index (κ3) is 3.14. The minimum absolute atomic E-state index is 0.550. The molecular weight excluding hydrogens is 128 g/mol. The molecule has 0 radical (unpaired) electrons. The Hall–Kier alpha value is 0.350. The van der Waals surface area contributed by atoms with Crippen LogP contribution in [0.1, 0.15) is 40.0 Å². The van der Waals surface area contributed by atoms with E-state index in [0.29, 0.717) is 4.75 Å². The van der Waals surface area contributed by atoms with E-state index in [-0.39, 0.29) is 0 Å². The van der Waals surface area contributed by atoms with Gasteiger partial charge < -0.3 is 0 Å². The van der Waals surface area contributed by atoms with Gasteiger partial charge in [0.05, 0.1) is 0 Å². The van der Waals surface area contributed by atoms with E-state index in [1.807, 2.05) is 11.8 Å². The van der Waals surface area contributed by atoms with Crippen molar-refractivity contribution in [2.24, 2.45) is 0 Å². The molecule has 0 aromatic heterocycles. The normalized spacial score (nSPS) is 17.3. The zero-order valence-electron chi connectivity index (χ0n) is 7.03. The molecule has 9 heavy (non-hydrogen) atoms. The standard InChI is InChI=1S/C8H18S/c1-5-7-8(3,6-2)9-4/h5-7H2,1-4H3. The second-order valence-electron chi connectivity index (χ2n) is 2.76. The van der Waals surface area contributed by atoms with Crippen LogP contribution in [0.2, 0.25) is 0 Å². The summed E-state index contributed by atoms with van der Waals surface area (Å²) in [6.07, 6.45) is 6.16. The van der Waals surface area contributed by atoms with Gasteiger partial charge in [0.25, 0.3) is 0 Å². The predicted octanol–water partition coefficient (Wildman–Crippen LogP) is 3.32. The number of thioether (sulfide) groups is 1. The largest absolute Gasteiger partial charge is 0.159 e. The summed E-state index contributed by atoms with van der Waals surface area (Å²) in [5, 5.41) is 0. The topological polar surface area (TPSA) is 0 Å². The van der Waals surface area contributed by atoms with Gasteiger partial charge in [0.2, 0.25) is 0 Å². The molecule has 0 heterocycles. The van der Waals surface area contributed by atoms with Crippen LogP contribution in [0.3, 0.4) is 0 Å². The second kappa shape index (κ2) is 4.21. The summed E-state index contributed by atoms with van der Waals surface area (Å²) in [4.78, 5) is 0. The maximum atomic E-state index is 2.35. The van der Waals surface area contributed by atoms with Gasteiger partial charge in [0.15, 0.2) is 0 Å². The second-order valence-corrected chi connectivity index (χ2v) is 4.15. The summed E-state index contributed by atoms with van der Waals surface area (Å²) in [5.74, 6) is 0. The van der Waals surface area contributed by atoms with E-state index in [2.05, 4.69) is 27.0 Å². The van der Waals surface area contributed by atoms with E-state index in [1.54, 1.807) is 0 Å². The lowest BCUT2D eigenvalue weighted by molar-refractivity contribution is 0.561. The summed E-state index contributed by atoms with van der Waals surface area (Å²) < 4.78 is 0.550. The third-order valence-electron chi connectivity index (χ3n) is 2.02. The highest BCUT2D eigenvalue weighted by atomic mass is 32.2. The van der Waals surface area contributed by atoms with Gasteiger partial charge in [0, 0.05) is 4.75 Å². The molecule has 0 aromatic rings. The summed E-state index contributed by atoms with van der Waals surface area (Å²) in [5.41, 5.74) is 0. The molecule has 1 unspecified atom stereocenters. The lowest BCUT2D eigenvalue weighted by Crippen LogP contribution is -2.17. The van der Waals surface area contributed by atoms with Crippen LogP contribution in [0.15, 0.2) is 0 Å². The summed E-state index contributed by atoms with van der Waals surface area (Å²) in [6, 6.07) is 0. The zero-order valence-corrected chi connectivity index (χ0v) is 7.85. The first-order valence-electron chi connectivity index (χ1n) is 3.73. The van der Waals surface area contributed by atoms with E-state index in [4.69, 9.17) is 0 Å². The zero-order chi connectivity index (χ0) is 7.33. The van der Waals surface area contributed by atoms with Crippen molar-refractivity contribution in [1.29, 1.82) is 0 Å². The van der Waals surface area contributed by atoms with Crippen molar-refractivity contribution in [1.82, 2.24) is 0 Å². The number of rotatable bonds is 4. The molecule has 0 saturated heterocycles. The fourth-order valence-corrected chi connectivity index (χ4v) is 1.65. The Labute approximate surface area is 63.4 Å². The van der Waals surface area contributed by atoms with Gasteiger partial charge in [0.1, 0.15) is 0 Å². The Morgan fingerprint density at radius 1 is 1.33 bits per heavy atom. The number of hydrogen-bond donors (Lipinski definition) is 0. The quantitative estimate of drug-likeness (QED) is 0.586. The summed E-state index contributed by atoms with van der Waals surface area (Å²) >= 11 is 2.00. The van der Waals surface area contributed by atoms with Crippen molar-refractivity contribution < 1.29 is 0 Å². The Morgan fingerprint density at radius 2 is 1.89 bits per heavy atom. The molecule has 1 heteroatoms. The molecule has 0 bridgehead atoms. The molecule has 0 aliphatic carbocycles. The molecule has 0 spiro atoms. The van der Waals surface area contributed by atoms with Crippen LogP contribution in [-0.2, 0) is 0 Å². The van der Waals surface area contributed by atoms with Crippen molar-refractivity contribution in [2.75, 3.05) is 6.26 Å². The van der Waals surface area contributed by atoms with Crippen LogP contribution in [0.25, 0.3) is 0 Å². The monoisotopic (exact) mass is 146 g/mol. The van der Waals surface area contributed by atoms with Gasteiger partial charge in [-0.15, -0.1) is 0 Å². The van der Waals surface area contributed by atoms with Gasteiger partial charge in [-0.2, -0.15) is 11.8 Å². The molecule has 0 aliphatic heterocycles. The minimum Gasteiger partial charge on any atom is -0.159 e. The first-order chi connectivity index (χ1) is 4.18. The summed E-state index contributed by atoms with van der Waals surface area (Å²) in [6.45, 7) is 6.87. The Kier molecular flexibility index (Phi) is 4.37. The maximum absolute atomic E-state index is 2.35. The Balaban J connectivity index is 3.62. The highest BCUT2D eigenvalue weighted by molar-refractivity contribution is 7.99. The van der Waals surface area contributed by atoms with Crippen LogP contribution in [0.4, 0.5) is 0 Å². The van der Waals surface area contributed by atoms with E-state index in [9.17, 15) is 0 Å². The highest BCUT2D eigenvalue weighted by Crippen LogP contribution is 2.30. The van der Waals surface area contributed by atoms with Gasteiger partial charge in [-0.25, -0.2) is 0 Å². The van der Waals surface area contributed by atoms with Gasteiger partial charge in [-0.3, -0.25) is 0 Å². The fraction of sp³-hybridized carbons (Fsp3) is 1.00. The molecule has 0 amide bonds. The van der Waals surface area contributed by atoms with E-state index in [1.165, 1.54) is 19.3 Å². The Morgan fingerprint density at radius 3 is 2.00 bits per heavy atom. The minimum atomic E-state index is 0.550. The Bertz CT molecular complexity index is 65.0. The van der Waals surface area contributed by atoms with E-state index < -0.39 is 0 Å². The van der Waals surface area contributed by atoms with Gasteiger partial charge >= 0.3 is 0 Å². The molecule has 0 aliphatic rings. The molecule has 0 nitrogen and oxygen atoms in total.